The van der Waals surface area contributed by atoms with Gasteiger partial charge in [0.2, 0.25) is 11.2 Å². The van der Waals surface area contributed by atoms with Crippen LogP contribution in [-0.2, 0) is 0 Å². The zero-order valence-corrected chi connectivity index (χ0v) is 10.9. The fourth-order valence-electron chi connectivity index (χ4n) is 1.42. The highest BCUT2D eigenvalue weighted by Gasteiger charge is 2.12. The van der Waals surface area contributed by atoms with Crippen molar-refractivity contribution in [3.05, 3.63) is 5.28 Å². The zero-order valence-electron chi connectivity index (χ0n) is 10.1. The lowest BCUT2D eigenvalue weighted by Crippen LogP contribution is -2.26. The lowest BCUT2D eigenvalue weighted by atomic mass is 10.0. The van der Waals surface area contributed by atoms with E-state index in [2.05, 4.69) is 34.1 Å². The largest absolute Gasteiger partial charge is 0.467 e. The second-order valence-corrected chi connectivity index (χ2v) is 4.41. The molecule has 1 rings (SSSR count). The van der Waals surface area contributed by atoms with Gasteiger partial charge in [0.1, 0.15) is 0 Å². The van der Waals surface area contributed by atoms with Crippen LogP contribution in [0.4, 0.5) is 5.95 Å². The molecular weight excluding hydrogens is 244 g/mol. The minimum absolute atomic E-state index is 0.00377. The summed E-state index contributed by atoms with van der Waals surface area (Å²) in [6.07, 6.45) is 0.808. The van der Waals surface area contributed by atoms with Gasteiger partial charge in [-0.2, -0.15) is 15.0 Å². The van der Waals surface area contributed by atoms with Crippen molar-refractivity contribution in [1.29, 1.82) is 0 Å². The molecule has 0 radical (unpaired) electrons. The van der Waals surface area contributed by atoms with Crippen molar-refractivity contribution in [2.24, 2.45) is 5.92 Å². The molecule has 0 bridgehead atoms. The number of aromatic nitrogens is 3. The monoisotopic (exact) mass is 260 g/mol. The van der Waals surface area contributed by atoms with E-state index < -0.39 is 0 Å². The van der Waals surface area contributed by atoms with Gasteiger partial charge in [-0.1, -0.05) is 13.8 Å². The lowest BCUT2D eigenvalue weighted by Gasteiger charge is -2.18. The number of rotatable bonds is 6. The van der Waals surface area contributed by atoms with Gasteiger partial charge in [0.25, 0.3) is 0 Å². The van der Waals surface area contributed by atoms with Crippen molar-refractivity contribution in [1.82, 2.24) is 15.0 Å². The van der Waals surface area contributed by atoms with E-state index in [0.29, 0.717) is 11.9 Å². The van der Waals surface area contributed by atoms with Crippen LogP contribution in [0.3, 0.4) is 0 Å². The zero-order chi connectivity index (χ0) is 12.8. The van der Waals surface area contributed by atoms with Crippen molar-refractivity contribution in [3.63, 3.8) is 0 Å². The van der Waals surface area contributed by atoms with Crippen molar-refractivity contribution < 1.29 is 9.84 Å². The van der Waals surface area contributed by atoms with E-state index in [1.165, 1.54) is 7.11 Å². The fraction of sp³-hybridized carbons (Fsp3) is 0.700. The minimum Gasteiger partial charge on any atom is -0.467 e. The Morgan fingerprint density at radius 2 is 2.06 bits per heavy atom. The molecule has 96 valence electrons. The Balaban J connectivity index is 2.74. The summed E-state index contributed by atoms with van der Waals surface area (Å²) in [4.78, 5) is 11.7. The fourth-order valence-corrected chi connectivity index (χ4v) is 1.57. The van der Waals surface area contributed by atoms with Crippen LogP contribution in [0.2, 0.25) is 5.28 Å². The van der Waals surface area contributed by atoms with Crippen molar-refractivity contribution in [3.8, 4) is 6.01 Å². The van der Waals surface area contributed by atoms with Crippen LogP contribution in [0.1, 0.15) is 20.3 Å². The van der Waals surface area contributed by atoms with Gasteiger partial charge in [-0.25, -0.2) is 0 Å². The molecule has 1 atom stereocenters. The maximum absolute atomic E-state index is 9.23. The van der Waals surface area contributed by atoms with Gasteiger partial charge in [0.15, 0.2) is 0 Å². The molecule has 1 aromatic rings. The number of nitrogens with zero attached hydrogens (tertiary/aromatic N) is 3. The molecule has 1 aromatic heterocycles. The van der Waals surface area contributed by atoms with Crippen LogP contribution >= 0.6 is 11.6 Å². The second-order valence-electron chi connectivity index (χ2n) is 4.07. The average molecular weight is 261 g/mol. The SMILES string of the molecule is COc1nc(Cl)nc(NC(CO)CC(C)C)n1. The first-order valence-corrected chi connectivity index (χ1v) is 5.76. The quantitative estimate of drug-likeness (QED) is 0.804. The standard InChI is InChI=1S/C10H17ClN4O2/c1-6(2)4-7(5-16)12-9-13-8(11)14-10(15-9)17-3/h6-7,16H,4-5H2,1-3H3,(H,12,13,14,15). The highest BCUT2D eigenvalue weighted by molar-refractivity contribution is 6.28. The van der Waals surface area contributed by atoms with Crippen LogP contribution in [0.15, 0.2) is 0 Å². The normalized spacial score (nSPS) is 12.6. The van der Waals surface area contributed by atoms with Gasteiger partial charge in [0, 0.05) is 0 Å². The van der Waals surface area contributed by atoms with E-state index in [1.54, 1.807) is 0 Å². The maximum atomic E-state index is 9.23. The van der Waals surface area contributed by atoms with E-state index in [4.69, 9.17) is 16.3 Å². The topological polar surface area (TPSA) is 80.2 Å². The number of aliphatic hydroxyl groups excluding tert-OH is 1. The van der Waals surface area contributed by atoms with Crippen molar-refractivity contribution in [2.75, 3.05) is 19.0 Å². The average Bonchev–Trinajstić information content (AvgIpc) is 2.26. The molecule has 0 aromatic carbocycles. The van der Waals surface area contributed by atoms with Gasteiger partial charge < -0.3 is 15.2 Å². The van der Waals surface area contributed by atoms with E-state index in [-0.39, 0.29) is 23.9 Å². The second kappa shape index (κ2) is 6.56. The van der Waals surface area contributed by atoms with Crippen LogP contribution in [-0.4, -0.2) is 39.8 Å². The molecule has 1 heterocycles. The Labute approximate surface area is 105 Å². The van der Waals surface area contributed by atoms with Crippen LogP contribution in [0.5, 0.6) is 6.01 Å². The van der Waals surface area contributed by atoms with Gasteiger partial charge >= 0.3 is 6.01 Å². The molecule has 0 amide bonds. The van der Waals surface area contributed by atoms with Crippen LogP contribution in [0.25, 0.3) is 0 Å². The molecule has 6 nitrogen and oxygen atoms in total. The summed E-state index contributed by atoms with van der Waals surface area (Å²) in [6.45, 7) is 4.15. The first-order valence-electron chi connectivity index (χ1n) is 5.38. The Hall–Kier alpha value is -1.14. The lowest BCUT2D eigenvalue weighted by molar-refractivity contribution is 0.258. The smallest absolute Gasteiger partial charge is 0.322 e. The summed E-state index contributed by atoms with van der Waals surface area (Å²) in [5, 5.41) is 12.3. The van der Waals surface area contributed by atoms with Gasteiger partial charge in [-0.3, -0.25) is 0 Å². The Kier molecular flexibility index (Phi) is 5.37. The molecule has 0 aliphatic carbocycles. The molecule has 0 saturated heterocycles. The number of hydrogen-bond donors (Lipinski definition) is 2. The predicted molar refractivity (Wildman–Crippen MR) is 65.3 cm³/mol. The van der Waals surface area contributed by atoms with Gasteiger partial charge in [-0.15, -0.1) is 0 Å². The number of anilines is 1. The number of halogens is 1. The number of ether oxygens (including phenoxy) is 1. The van der Waals surface area contributed by atoms with Crippen molar-refractivity contribution >= 4 is 17.5 Å². The molecule has 0 fully saturated rings. The summed E-state index contributed by atoms with van der Waals surface area (Å²) in [6, 6.07) is 0.0342. The molecule has 1 unspecified atom stereocenters. The third-order valence-corrected chi connectivity index (χ3v) is 2.25. The Morgan fingerprint density at radius 1 is 1.35 bits per heavy atom. The van der Waals surface area contributed by atoms with E-state index in [9.17, 15) is 5.11 Å². The maximum Gasteiger partial charge on any atom is 0.322 e. The molecule has 0 spiro atoms. The predicted octanol–water partition coefficient (Wildman–Crippen LogP) is 1.35. The molecule has 17 heavy (non-hydrogen) atoms. The van der Waals surface area contributed by atoms with E-state index in [0.717, 1.165) is 6.42 Å². The van der Waals surface area contributed by atoms with E-state index in [1.807, 2.05) is 0 Å². The summed E-state index contributed by atoms with van der Waals surface area (Å²) in [7, 11) is 1.45. The van der Waals surface area contributed by atoms with Crippen LogP contribution in [0, 0.1) is 5.92 Å². The molecule has 0 aliphatic heterocycles. The third-order valence-electron chi connectivity index (χ3n) is 2.08. The highest BCUT2D eigenvalue weighted by atomic mass is 35.5. The highest BCUT2D eigenvalue weighted by Crippen LogP contribution is 2.14. The number of methoxy groups -OCH3 is 1. The first-order chi connectivity index (χ1) is 8.05. The van der Waals surface area contributed by atoms with Gasteiger partial charge in [0.05, 0.1) is 19.8 Å². The molecule has 7 heteroatoms. The summed E-state index contributed by atoms with van der Waals surface area (Å²) in [5.74, 6) is 0.764. The van der Waals surface area contributed by atoms with Crippen molar-refractivity contribution in [2.45, 2.75) is 26.3 Å². The molecule has 0 aliphatic rings. The third kappa shape index (κ3) is 4.70. The first kappa shape index (κ1) is 13.9. The summed E-state index contributed by atoms with van der Waals surface area (Å²) >= 11 is 5.72. The minimum atomic E-state index is -0.113. The Morgan fingerprint density at radius 3 is 2.59 bits per heavy atom. The van der Waals surface area contributed by atoms with Crippen LogP contribution < -0.4 is 10.1 Å². The molecule has 2 N–H and O–H groups in total. The Bertz CT molecular complexity index is 362. The summed E-state index contributed by atoms with van der Waals surface area (Å²) < 4.78 is 4.88. The number of aliphatic hydroxyl groups is 1. The number of hydrogen-bond acceptors (Lipinski definition) is 6. The number of nitrogens with one attached hydrogen (secondary N) is 1. The molecule has 0 saturated carbocycles. The van der Waals surface area contributed by atoms with Gasteiger partial charge in [-0.05, 0) is 23.9 Å². The molecular formula is C10H17ClN4O2. The van der Waals surface area contributed by atoms with E-state index >= 15 is 0 Å². The summed E-state index contributed by atoms with van der Waals surface area (Å²) in [5.41, 5.74) is 0.